The highest BCUT2D eigenvalue weighted by Crippen LogP contribution is 1.96. The number of hydrogen-bond acceptors (Lipinski definition) is 4. The molecule has 0 aromatic carbocycles. The fourth-order valence-electron chi connectivity index (χ4n) is 1.08. The van der Waals surface area contributed by atoms with Crippen LogP contribution in [0.1, 0.15) is 17.4 Å². The lowest BCUT2D eigenvalue weighted by Gasteiger charge is -2.09. The van der Waals surface area contributed by atoms with E-state index in [0.29, 0.717) is 12.2 Å². The summed E-state index contributed by atoms with van der Waals surface area (Å²) in [5.74, 6) is -0.419. The second-order valence-electron chi connectivity index (χ2n) is 3.51. The third kappa shape index (κ3) is 2.97. The number of amidine groups is 1. The molecule has 0 spiro atoms. The van der Waals surface area contributed by atoms with Gasteiger partial charge in [0.25, 0.3) is 5.91 Å². The van der Waals surface area contributed by atoms with E-state index in [1.807, 2.05) is 0 Å². The van der Waals surface area contributed by atoms with E-state index in [1.54, 1.807) is 30.9 Å². The van der Waals surface area contributed by atoms with E-state index < -0.39 is 0 Å². The average Bonchev–Trinajstić information content (AvgIpc) is 2.71. The molecule has 7 heteroatoms. The van der Waals surface area contributed by atoms with Crippen molar-refractivity contribution in [3.8, 4) is 0 Å². The summed E-state index contributed by atoms with van der Waals surface area (Å²) < 4.78 is 1.54. The SMILES string of the molecule is CC(CNC(=O)c1ccn(C)n1)/C(N)=N/O. The van der Waals surface area contributed by atoms with Gasteiger partial charge in [0.05, 0.1) is 0 Å². The van der Waals surface area contributed by atoms with Crippen LogP contribution in [-0.2, 0) is 7.05 Å². The number of carbonyl (C=O) groups excluding carboxylic acids is 1. The van der Waals surface area contributed by atoms with E-state index >= 15 is 0 Å². The summed E-state index contributed by atoms with van der Waals surface area (Å²) in [5, 5.41) is 17.9. The van der Waals surface area contributed by atoms with Crippen molar-refractivity contribution >= 4 is 11.7 Å². The van der Waals surface area contributed by atoms with Gasteiger partial charge in [0, 0.05) is 25.7 Å². The number of nitrogens with zero attached hydrogens (tertiary/aromatic N) is 3. The summed E-state index contributed by atoms with van der Waals surface area (Å²) >= 11 is 0. The Morgan fingerprint density at radius 2 is 2.50 bits per heavy atom. The molecule has 1 heterocycles. The fourth-order valence-corrected chi connectivity index (χ4v) is 1.08. The predicted octanol–water partition coefficient (Wildman–Crippen LogP) is -0.468. The predicted molar refractivity (Wildman–Crippen MR) is 58.1 cm³/mol. The second-order valence-corrected chi connectivity index (χ2v) is 3.51. The Hall–Kier alpha value is -2.05. The van der Waals surface area contributed by atoms with Crippen molar-refractivity contribution in [2.75, 3.05) is 6.54 Å². The molecule has 0 aliphatic heterocycles. The van der Waals surface area contributed by atoms with Gasteiger partial charge in [-0.15, -0.1) is 0 Å². The van der Waals surface area contributed by atoms with Gasteiger partial charge >= 0.3 is 0 Å². The number of aromatic nitrogens is 2. The normalized spacial score (nSPS) is 13.5. The van der Waals surface area contributed by atoms with Crippen LogP contribution in [0.5, 0.6) is 0 Å². The van der Waals surface area contributed by atoms with E-state index in [0.717, 1.165) is 0 Å². The summed E-state index contributed by atoms with van der Waals surface area (Å²) in [6.45, 7) is 2.04. The quantitative estimate of drug-likeness (QED) is 0.279. The molecule has 1 unspecified atom stereocenters. The van der Waals surface area contributed by atoms with Crippen LogP contribution in [0.25, 0.3) is 0 Å². The first-order chi connectivity index (χ1) is 7.54. The zero-order valence-corrected chi connectivity index (χ0v) is 9.21. The Balaban J connectivity index is 2.47. The van der Waals surface area contributed by atoms with Gasteiger partial charge < -0.3 is 16.3 Å². The maximum Gasteiger partial charge on any atom is 0.271 e. The Labute approximate surface area is 92.9 Å². The molecule has 1 aromatic rings. The minimum absolute atomic E-state index is 0.0846. The Morgan fingerprint density at radius 3 is 3.00 bits per heavy atom. The van der Waals surface area contributed by atoms with Gasteiger partial charge in [-0.3, -0.25) is 9.48 Å². The third-order valence-electron chi connectivity index (χ3n) is 2.14. The van der Waals surface area contributed by atoms with Gasteiger partial charge in [-0.05, 0) is 6.07 Å². The lowest BCUT2D eigenvalue weighted by Crippen LogP contribution is -2.34. The molecular formula is C9H15N5O2. The molecule has 0 fully saturated rings. The summed E-state index contributed by atoms with van der Waals surface area (Å²) in [5.41, 5.74) is 5.72. The Kier molecular flexibility index (Phi) is 3.87. The molecule has 7 nitrogen and oxygen atoms in total. The molecule has 0 saturated heterocycles. The van der Waals surface area contributed by atoms with E-state index in [-0.39, 0.29) is 17.7 Å². The van der Waals surface area contributed by atoms with E-state index in [4.69, 9.17) is 10.9 Å². The van der Waals surface area contributed by atoms with E-state index in [2.05, 4.69) is 15.6 Å². The van der Waals surface area contributed by atoms with Gasteiger partial charge in [-0.25, -0.2) is 0 Å². The van der Waals surface area contributed by atoms with Crippen LogP contribution in [0.4, 0.5) is 0 Å². The number of nitrogens with two attached hydrogens (primary N) is 1. The molecule has 0 aliphatic carbocycles. The van der Waals surface area contributed by atoms with Crippen LogP contribution in [0, 0.1) is 5.92 Å². The molecule has 1 rings (SSSR count). The van der Waals surface area contributed by atoms with Gasteiger partial charge in [0.1, 0.15) is 11.5 Å². The highest BCUT2D eigenvalue weighted by atomic mass is 16.4. The minimum Gasteiger partial charge on any atom is -0.409 e. The number of carbonyl (C=O) groups is 1. The Bertz CT molecular complexity index is 398. The molecule has 0 radical (unpaired) electrons. The standard InChI is InChI=1S/C9H15N5O2/c1-6(8(10)13-16)5-11-9(15)7-3-4-14(2)12-7/h3-4,6,16H,5H2,1-2H3,(H2,10,13)(H,11,15). The highest BCUT2D eigenvalue weighted by molar-refractivity contribution is 5.92. The molecular weight excluding hydrogens is 210 g/mol. The third-order valence-corrected chi connectivity index (χ3v) is 2.14. The number of amides is 1. The van der Waals surface area contributed by atoms with Gasteiger partial charge in [-0.1, -0.05) is 12.1 Å². The van der Waals surface area contributed by atoms with Crippen molar-refractivity contribution in [3.63, 3.8) is 0 Å². The number of rotatable bonds is 4. The second kappa shape index (κ2) is 5.15. The van der Waals surface area contributed by atoms with Crippen molar-refractivity contribution in [3.05, 3.63) is 18.0 Å². The molecule has 1 amide bonds. The fraction of sp³-hybridized carbons (Fsp3) is 0.444. The van der Waals surface area contributed by atoms with E-state index in [9.17, 15) is 4.79 Å². The van der Waals surface area contributed by atoms with Crippen molar-refractivity contribution in [2.24, 2.45) is 23.9 Å². The first-order valence-electron chi connectivity index (χ1n) is 4.80. The molecule has 88 valence electrons. The lowest BCUT2D eigenvalue weighted by molar-refractivity contribution is 0.0945. The number of hydrogen-bond donors (Lipinski definition) is 3. The molecule has 0 saturated carbocycles. The topological polar surface area (TPSA) is 106 Å². The maximum absolute atomic E-state index is 11.5. The van der Waals surface area contributed by atoms with Gasteiger partial charge in [-0.2, -0.15) is 5.10 Å². The number of aryl methyl sites for hydroxylation is 1. The first-order valence-corrected chi connectivity index (χ1v) is 4.80. The molecule has 1 aromatic heterocycles. The largest absolute Gasteiger partial charge is 0.409 e. The zero-order valence-electron chi connectivity index (χ0n) is 9.21. The van der Waals surface area contributed by atoms with Crippen LogP contribution in [0.3, 0.4) is 0 Å². The average molecular weight is 225 g/mol. The number of nitrogens with one attached hydrogen (secondary N) is 1. The first kappa shape index (κ1) is 12.0. The van der Waals surface area contributed by atoms with Crippen molar-refractivity contribution in [1.82, 2.24) is 15.1 Å². The smallest absolute Gasteiger partial charge is 0.271 e. The molecule has 0 aliphatic rings. The molecule has 4 N–H and O–H groups in total. The van der Waals surface area contributed by atoms with Crippen LogP contribution in [-0.4, -0.2) is 33.3 Å². The van der Waals surface area contributed by atoms with Gasteiger partial charge in [0.2, 0.25) is 0 Å². The van der Waals surface area contributed by atoms with Crippen LogP contribution in [0.2, 0.25) is 0 Å². The molecule has 16 heavy (non-hydrogen) atoms. The zero-order chi connectivity index (χ0) is 12.1. The van der Waals surface area contributed by atoms with Crippen molar-refractivity contribution < 1.29 is 10.0 Å². The van der Waals surface area contributed by atoms with Crippen molar-refractivity contribution in [1.29, 1.82) is 0 Å². The summed E-state index contributed by atoms with van der Waals surface area (Å²) in [7, 11) is 1.73. The summed E-state index contributed by atoms with van der Waals surface area (Å²) in [6, 6.07) is 1.61. The van der Waals surface area contributed by atoms with Crippen LogP contribution >= 0.6 is 0 Å². The summed E-state index contributed by atoms with van der Waals surface area (Å²) in [4.78, 5) is 11.5. The van der Waals surface area contributed by atoms with E-state index in [1.165, 1.54) is 0 Å². The summed E-state index contributed by atoms with van der Waals surface area (Å²) in [6.07, 6.45) is 1.68. The minimum atomic E-state index is -0.279. The lowest BCUT2D eigenvalue weighted by atomic mass is 10.1. The van der Waals surface area contributed by atoms with Crippen LogP contribution < -0.4 is 11.1 Å². The maximum atomic E-state index is 11.5. The molecule has 1 atom stereocenters. The highest BCUT2D eigenvalue weighted by Gasteiger charge is 2.12. The number of oxime groups is 1. The monoisotopic (exact) mass is 225 g/mol. The van der Waals surface area contributed by atoms with Crippen molar-refractivity contribution in [2.45, 2.75) is 6.92 Å². The van der Waals surface area contributed by atoms with Crippen LogP contribution in [0.15, 0.2) is 17.4 Å². The Morgan fingerprint density at radius 1 is 1.81 bits per heavy atom. The molecule has 0 bridgehead atoms. The van der Waals surface area contributed by atoms with Gasteiger partial charge in [0.15, 0.2) is 0 Å².